The Kier molecular flexibility index (Phi) is 9.90. The molecule has 0 aliphatic rings. The lowest BCUT2D eigenvalue weighted by Gasteiger charge is -2.30. The summed E-state index contributed by atoms with van der Waals surface area (Å²) < 4.78 is 95.8. The molecule has 0 radical (unpaired) electrons. The van der Waals surface area contributed by atoms with E-state index in [1.807, 2.05) is 0 Å². The van der Waals surface area contributed by atoms with E-state index in [4.69, 9.17) is 18.4 Å². The molecule has 0 rings (SSSR count). The van der Waals surface area contributed by atoms with Crippen LogP contribution in [0.5, 0.6) is 0 Å². The van der Waals surface area contributed by atoms with Crippen molar-refractivity contribution in [3.05, 3.63) is 0 Å². The fraction of sp³-hybridized carbons (Fsp3) is 0.857. The zero-order chi connectivity index (χ0) is 22.2. The van der Waals surface area contributed by atoms with Crippen molar-refractivity contribution in [2.75, 3.05) is 26.4 Å². The van der Waals surface area contributed by atoms with Gasteiger partial charge in [0.05, 0.1) is 0 Å². The topological polar surface area (TPSA) is 94.1 Å². The van der Waals surface area contributed by atoms with E-state index in [0.29, 0.717) is 0 Å². The first-order valence-electron chi connectivity index (χ1n) is 8.32. The lowest BCUT2D eigenvalue weighted by molar-refractivity contribution is -0.292. The van der Waals surface area contributed by atoms with E-state index in [2.05, 4.69) is 0 Å². The van der Waals surface area contributed by atoms with Crippen LogP contribution in [0.3, 0.4) is 0 Å². The number of carbonyl (C=O) groups excluding carboxylic acids is 1. The largest absolute Gasteiger partial charge is 0.500 e. The number of amides is 1. The normalized spacial score (nSPS) is 13.5. The first-order chi connectivity index (χ1) is 12.8. The van der Waals surface area contributed by atoms with Gasteiger partial charge in [-0.2, -0.15) is 26.3 Å². The Labute approximate surface area is 158 Å². The molecule has 2 N–H and O–H groups in total. The van der Waals surface area contributed by atoms with Crippen LogP contribution in [0, 0.1) is 0 Å². The summed E-state index contributed by atoms with van der Waals surface area (Å²) in [6, 6.07) is 0.0377. The van der Waals surface area contributed by atoms with Crippen LogP contribution in [0.1, 0.15) is 27.2 Å². The molecule has 7 nitrogen and oxygen atoms in total. The van der Waals surface area contributed by atoms with Crippen molar-refractivity contribution >= 4 is 20.7 Å². The number of carboxylic acids is 1. The fourth-order valence-electron chi connectivity index (χ4n) is 2.09. The molecule has 0 atom stereocenters. The van der Waals surface area contributed by atoms with Gasteiger partial charge in [0.1, 0.15) is 0 Å². The lowest BCUT2D eigenvalue weighted by Crippen LogP contribution is -2.63. The molecule has 0 saturated heterocycles. The van der Waals surface area contributed by atoms with Gasteiger partial charge in [-0.3, -0.25) is 4.79 Å². The molecule has 0 fully saturated rings. The number of alkyl halides is 6. The van der Waals surface area contributed by atoms with Crippen molar-refractivity contribution in [1.29, 1.82) is 0 Å². The highest BCUT2D eigenvalue weighted by atomic mass is 28.4. The molecule has 166 valence electrons. The van der Waals surface area contributed by atoms with E-state index < -0.39 is 45.0 Å². The SMILES string of the molecule is CCO[Si](CCCNC(=O)C(F)(F)C(F)(F)C(F)(F)C(=O)O)(OCC)OCC. The summed E-state index contributed by atoms with van der Waals surface area (Å²) in [6.45, 7) is 5.02. The lowest BCUT2D eigenvalue weighted by atomic mass is 10.0. The predicted octanol–water partition coefficient (Wildman–Crippen LogP) is 2.53. The minimum Gasteiger partial charge on any atom is -0.477 e. The van der Waals surface area contributed by atoms with E-state index in [0.717, 1.165) is 0 Å². The average molecular weight is 443 g/mol. The molecule has 0 aromatic heterocycles. The number of carbonyl (C=O) groups is 2. The smallest absolute Gasteiger partial charge is 0.477 e. The first kappa shape index (κ1) is 26.6. The summed E-state index contributed by atoms with van der Waals surface area (Å²) in [7, 11) is -3.18. The number of halogens is 6. The molecule has 0 aromatic rings. The molecule has 0 aromatic carbocycles. The Bertz CT molecular complexity index is 519. The monoisotopic (exact) mass is 443 g/mol. The van der Waals surface area contributed by atoms with Crippen LogP contribution in [0.4, 0.5) is 26.3 Å². The van der Waals surface area contributed by atoms with Crippen molar-refractivity contribution in [2.24, 2.45) is 0 Å². The Hall–Kier alpha value is -1.38. The molecule has 0 heterocycles. The van der Waals surface area contributed by atoms with Crippen LogP contribution in [0.15, 0.2) is 0 Å². The van der Waals surface area contributed by atoms with Crippen molar-refractivity contribution in [2.45, 2.75) is 51.0 Å². The maximum Gasteiger partial charge on any atom is 0.500 e. The molecule has 0 aliphatic heterocycles. The Morgan fingerprint density at radius 2 is 1.32 bits per heavy atom. The van der Waals surface area contributed by atoms with E-state index in [1.54, 1.807) is 20.8 Å². The van der Waals surface area contributed by atoms with E-state index in [1.165, 1.54) is 5.32 Å². The number of nitrogens with one attached hydrogen (secondary N) is 1. The van der Waals surface area contributed by atoms with Crippen LogP contribution in [-0.4, -0.2) is 69.9 Å². The highest BCUT2D eigenvalue weighted by molar-refractivity contribution is 6.60. The van der Waals surface area contributed by atoms with Crippen LogP contribution < -0.4 is 5.32 Å². The van der Waals surface area contributed by atoms with Crippen molar-refractivity contribution in [3.63, 3.8) is 0 Å². The van der Waals surface area contributed by atoms with E-state index in [9.17, 15) is 35.9 Å². The zero-order valence-electron chi connectivity index (χ0n) is 15.5. The summed E-state index contributed by atoms with van der Waals surface area (Å²) in [5.41, 5.74) is 0. The Morgan fingerprint density at radius 1 is 0.893 bits per heavy atom. The molecule has 14 heteroatoms. The Balaban J connectivity index is 5.02. The standard InChI is InChI=1S/C14H23F6NO6Si/c1-4-25-28(26-5-2,27-6-3)9-7-8-21-10(22)12(15,16)14(19,20)13(17,18)11(23)24/h4-9H2,1-3H3,(H,21,22)(H,23,24). The number of hydrogen-bond acceptors (Lipinski definition) is 5. The minimum absolute atomic E-state index is 0.0377. The van der Waals surface area contributed by atoms with Crippen molar-refractivity contribution < 1.29 is 54.3 Å². The number of rotatable bonds is 14. The van der Waals surface area contributed by atoms with Crippen LogP contribution in [0.25, 0.3) is 0 Å². The highest BCUT2D eigenvalue weighted by Gasteiger charge is 2.78. The van der Waals surface area contributed by atoms with Gasteiger partial charge in [0.2, 0.25) is 0 Å². The average Bonchev–Trinajstić information content (AvgIpc) is 2.58. The van der Waals surface area contributed by atoms with Gasteiger partial charge >= 0.3 is 32.5 Å². The van der Waals surface area contributed by atoms with Crippen LogP contribution in [-0.2, 0) is 22.9 Å². The van der Waals surface area contributed by atoms with Crippen molar-refractivity contribution in [1.82, 2.24) is 5.32 Å². The van der Waals surface area contributed by atoms with Gasteiger partial charge in [0.15, 0.2) is 0 Å². The quantitative estimate of drug-likeness (QED) is 0.244. The highest BCUT2D eigenvalue weighted by Crippen LogP contribution is 2.45. The van der Waals surface area contributed by atoms with Crippen molar-refractivity contribution in [3.8, 4) is 0 Å². The summed E-state index contributed by atoms with van der Waals surface area (Å²) in [5, 5.41) is 9.44. The zero-order valence-corrected chi connectivity index (χ0v) is 16.5. The number of aliphatic carboxylic acids is 1. The molecule has 0 saturated carbocycles. The maximum absolute atomic E-state index is 13.5. The summed E-state index contributed by atoms with van der Waals surface area (Å²) in [5.74, 6) is -24.7. The maximum atomic E-state index is 13.5. The third kappa shape index (κ3) is 5.81. The van der Waals surface area contributed by atoms with Crippen LogP contribution >= 0.6 is 0 Å². The molecule has 28 heavy (non-hydrogen) atoms. The molecular weight excluding hydrogens is 420 g/mol. The summed E-state index contributed by atoms with van der Waals surface area (Å²) in [6.07, 6.45) is -0.102. The summed E-state index contributed by atoms with van der Waals surface area (Å²) >= 11 is 0. The minimum atomic E-state index is -6.43. The molecule has 0 aliphatic carbocycles. The second-order valence-electron chi connectivity index (χ2n) is 5.37. The second-order valence-corrected chi connectivity index (χ2v) is 8.10. The van der Waals surface area contributed by atoms with Gasteiger partial charge in [-0.25, -0.2) is 4.79 Å². The first-order valence-corrected chi connectivity index (χ1v) is 10.3. The molecule has 0 unspecified atom stereocenters. The van der Waals surface area contributed by atoms with Gasteiger partial charge in [-0.1, -0.05) is 0 Å². The molecule has 1 amide bonds. The fourth-order valence-corrected chi connectivity index (χ4v) is 4.71. The Morgan fingerprint density at radius 3 is 1.68 bits per heavy atom. The van der Waals surface area contributed by atoms with Gasteiger partial charge in [0, 0.05) is 32.4 Å². The number of carboxylic acid groups (broad SMARTS) is 1. The molecule has 0 bridgehead atoms. The van der Waals surface area contributed by atoms with Gasteiger partial charge < -0.3 is 23.7 Å². The van der Waals surface area contributed by atoms with Crippen LogP contribution in [0.2, 0.25) is 6.04 Å². The number of hydrogen-bond donors (Lipinski definition) is 2. The van der Waals surface area contributed by atoms with Gasteiger partial charge in [-0.05, 0) is 27.2 Å². The summed E-state index contributed by atoms with van der Waals surface area (Å²) in [4.78, 5) is 21.5. The van der Waals surface area contributed by atoms with E-state index >= 15 is 0 Å². The van der Waals surface area contributed by atoms with E-state index in [-0.39, 0.29) is 32.3 Å². The third-order valence-electron chi connectivity index (χ3n) is 3.38. The molecule has 0 spiro atoms. The van der Waals surface area contributed by atoms with Gasteiger partial charge in [0.25, 0.3) is 5.91 Å². The molecular formula is C14H23F6NO6Si. The third-order valence-corrected chi connectivity index (χ3v) is 6.53. The van der Waals surface area contributed by atoms with Gasteiger partial charge in [-0.15, -0.1) is 0 Å². The second kappa shape index (κ2) is 10.4. The predicted molar refractivity (Wildman–Crippen MR) is 85.5 cm³/mol.